The summed E-state index contributed by atoms with van der Waals surface area (Å²) in [5.41, 5.74) is 3.01. The number of hydrogen-bond acceptors (Lipinski definition) is 9. The molecule has 0 aliphatic carbocycles. The van der Waals surface area contributed by atoms with Crippen LogP contribution in [-0.4, -0.2) is 73.9 Å². The number of esters is 1. The molecule has 3 rings (SSSR count). The fourth-order valence-electron chi connectivity index (χ4n) is 3.96. The molecular formula is C29H34ClN3O8. The Morgan fingerprint density at radius 1 is 1.02 bits per heavy atom. The number of β-amino-alcohol motifs (C(OH)–C–C–N with tert-alkyl or cyclic N) is 1. The number of nitrogens with zero attached hydrogens (tertiary/aromatic N) is 2. The number of rotatable bonds is 14. The van der Waals surface area contributed by atoms with Crippen molar-refractivity contribution in [2.24, 2.45) is 0 Å². The minimum absolute atomic E-state index is 0.126. The number of hydrogen-bond donors (Lipinski definition) is 3. The maximum Gasteiger partial charge on any atom is 0.331 e. The second-order valence-corrected chi connectivity index (χ2v) is 8.86. The molecule has 0 radical (unpaired) electrons. The molecule has 0 fully saturated rings. The molecule has 0 bridgehead atoms. The molecule has 2 aromatic rings. The quantitative estimate of drug-likeness (QED) is 0.0983. The molecule has 1 amide bonds. The van der Waals surface area contributed by atoms with Gasteiger partial charge in [0, 0.05) is 30.7 Å². The smallest absolute Gasteiger partial charge is 0.331 e. The minimum atomic E-state index is -1.15. The lowest BCUT2D eigenvalue weighted by Crippen LogP contribution is -2.32. The highest BCUT2D eigenvalue weighted by molar-refractivity contribution is 6.31. The molecule has 3 N–H and O–H groups in total. The van der Waals surface area contributed by atoms with Crippen molar-refractivity contribution in [1.29, 1.82) is 0 Å². The van der Waals surface area contributed by atoms with Crippen molar-refractivity contribution < 1.29 is 38.9 Å². The van der Waals surface area contributed by atoms with E-state index in [0.29, 0.717) is 36.4 Å². The van der Waals surface area contributed by atoms with E-state index in [1.54, 1.807) is 30.0 Å². The van der Waals surface area contributed by atoms with Gasteiger partial charge in [0.1, 0.15) is 6.26 Å². The van der Waals surface area contributed by atoms with Crippen LogP contribution in [-0.2, 0) is 23.9 Å². The predicted molar refractivity (Wildman–Crippen MR) is 155 cm³/mol. The molecule has 11 nitrogen and oxygen atoms in total. The SMILES string of the molecule is CCOC(=O)/C=C/CNCCCCN1c2cc(Cl)ccc2C(=O)N(CCO)c2ccccc21.O=CO/C=C\C(=O)O. The number of carbonyl (C=O) groups excluding carboxylic acids is 3. The molecular weight excluding hydrogens is 554 g/mol. The van der Waals surface area contributed by atoms with Crippen LogP contribution in [0.15, 0.2) is 67.0 Å². The van der Waals surface area contributed by atoms with E-state index in [-0.39, 0.29) is 31.5 Å². The van der Waals surface area contributed by atoms with Gasteiger partial charge in [-0.25, -0.2) is 9.59 Å². The standard InChI is InChI=1S/C25H30ClN3O4.C4H4O4/c1-2-33-24(31)10-7-14-27-13-5-6-15-28-21-8-3-4-9-22(21)29(16-17-30)25(32)20-12-11-19(26)18-23(20)28;5-3-8-2-1-4(6)7/h3-4,7-12,18,27,30H,2,5-6,13-17H2,1H3;1-3H,(H,6,7)/b10-7+;2-1-. The van der Waals surface area contributed by atoms with E-state index in [2.05, 4.69) is 15.0 Å². The summed E-state index contributed by atoms with van der Waals surface area (Å²) in [5, 5.41) is 21.3. The van der Waals surface area contributed by atoms with Crippen LogP contribution in [0.5, 0.6) is 0 Å². The number of ether oxygens (including phenoxy) is 2. The van der Waals surface area contributed by atoms with Crippen LogP contribution in [0.3, 0.4) is 0 Å². The number of amides is 1. The number of anilines is 3. The normalized spacial score (nSPS) is 12.3. The fraction of sp³-hybridized carbons (Fsp3) is 0.310. The van der Waals surface area contributed by atoms with E-state index in [4.69, 9.17) is 21.4 Å². The summed E-state index contributed by atoms with van der Waals surface area (Å²) < 4.78 is 8.75. The lowest BCUT2D eigenvalue weighted by Gasteiger charge is -2.27. The van der Waals surface area contributed by atoms with Crippen LogP contribution >= 0.6 is 11.6 Å². The lowest BCUT2D eigenvalue weighted by molar-refractivity contribution is -0.137. The number of benzene rings is 2. The van der Waals surface area contributed by atoms with Crippen LogP contribution in [0, 0.1) is 0 Å². The minimum Gasteiger partial charge on any atom is -0.478 e. The second-order valence-electron chi connectivity index (χ2n) is 8.42. The Morgan fingerprint density at radius 2 is 1.76 bits per heavy atom. The van der Waals surface area contributed by atoms with Crippen molar-refractivity contribution in [2.75, 3.05) is 49.2 Å². The van der Waals surface area contributed by atoms with E-state index in [1.165, 1.54) is 6.08 Å². The summed E-state index contributed by atoms with van der Waals surface area (Å²) in [6, 6.07) is 13.0. The molecule has 2 aromatic carbocycles. The third-order valence-electron chi connectivity index (χ3n) is 5.65. The third kappa shape index (κ3) is 10.7. The summed E-state index contributed by atoms with van der Waals surface area (Å²) in [6.07, 6.45) is 6.48. The van der Waals surface area contributed by atoms with Gasteiger partial charge >= 0.3 is 11.9 Å². The monoisotopic (exact) mass is 587 g/mol. The zero-order valence-corrected chi connectivity index (χ0v) is 23.5. The zero-order valence-electron chi connectivity index (χ0n) is 22.7. The van der Waals surface area contributed by atoms with Crippen LogP contribution in [0.25, 0.3) is 0 Å². The summed E-state index contributed by atoms with van der Waals surface area (Å²) >= 11 is 6.30. The molecule has 0 unspecified atom stereocenters. The largest absolute Gasteiger partial charge is 0.478 e. The molecule has 1 aliphatic rings. The average molecular weight is 588 g/mol. The van der Waals surface area contributed by atoms with Crippen molar-refractivity contribution in [3.05, 3.63) is 77.5 Å². The van der Waals surface area contributed by atoms with Gasteiger partial charge < -0.3 is 34.8 Å². The molecule has 12 heteroatoms. The molecule has 0 saturated carbocycles. The van der Waals surface area contributed by atoms with Crippen molar-refractivity contribution in [3.63, 3.8) is 0 Å². The molecule has 0 aromatic heterocycles. The Kier molecular flexibility index (Phi) is 14.7. The number of halogens is 1. The number of carboxylic acid groups (broad SMARTS) is 1. The molecule has 0 spiro atoms. The van der Waals surface area contributed by atoms with Gasteiger partial charge in [0.15, 0.2) is 0 Å². The van der Waals surface area contributed by atoms with Gasteiger partial charge in [-0.1, -0.05) is 29.8 Å². The van der Waals surface area contributed by atoms with Gasteiger partial charge in [-0.3, -0.25) is 9.59 Å². The van der Waals surface area contributed by atoms with Gasteiger partial charge in [-0.05, 0) is 56.6 Å². The van der Waals surface area contributed by atoms with E-state index in [0.717, 1.165) is 42.7 Å². The van der Waals surface area contributed by atoms with Crippen LogP contribution in [0.2, 0.25) is 5.02 Å². The molecule has 0 atom stereocenters. The van der Waals surface area contributed by atoms with Gasteiger partial charge in [0.05, 0.1) is 41.9 Å². The Balaban J connectivity index is 0.000000642. The second kappa shape index (κ2) is 18.2. The van der Waals surface area contributed by atoms with Gasteiger partial charge in [0.2, 0.25) is 0 Å². The van der Waals surface area contributed by atoms with Crippen LogP contribution < -0.4 is 15.1 Å². The first kappa shape index (κ1) is 33.0. The average Bonchev–Trinajstić information content (AvgIpc) is 3.04. The Bertz CT molecular complexity index is 1230. The molecule has 0 saturated heterocycles. The van der Waals surface area contributed by atoms with E-state index in [9.17, 15) is 24.3 Å². The topological polar surface area (TPSA) is 146 Å². The van der Waals surface area contributed by atoms with Crippen molar-refractivity contribution in [2.45, 2.75) is 19.8 Å². The van der Waals surface area contributed by atoms with Crippen LogP contribution in [0.1, 0.15) is 30.1 Å². The number of aliphatic hydroxyl groups is 1. The number of unbranched alkanes of at least 4 members (excludes halogenated alkanes) is 1. The first-order valence-corrected chi connectivity index (χ1v) is 13.3. The maximum absolute atomic E-state index is 13.3. The van der Waals surface area contributed by atoms with Crippen molar-refractivity contribution in [3.8, 4) is 0 Å². The number of fused-ring (bicyclic) bond motifs is 2. The number of nitrogens with one attached hydrogen (secondary N) is 1. The molecule has 41 heavy (non-hydrogen) atoms. The molecule has 220 valence electrons. The van der Waals surface area contributed by atoms with Crippen molar-refractivity contribution >= 4 is 53.0 Å². The summed E-state index contributed by atoms with van der Waals surface area (Å²) in [7, 11) is 0. The van der Waals surface area contributed by atoms with Gasteiger partial charge in [-0.15, -0.1) is 0 Å². The lowest BCUT2D eigenvalue weighted by atomic mass is 10.1. The molecule has 1 heterocycles. The number of aliphatic hydroxyl groups excluding tert-OH is 1. The highest BCUT2D eigenvalue weighted by Crippen LogP contribution is 2.41. The van der Waals surface area contributed by atoms with E-state index in [1.807, 2.05) is 30.3 Å². The number of para-hydroxylation sites is 2. The zero-order chi connectivity index (χ0) is 30.0. The summed E-state index contributed by atoms with van der Waals surface area (Å²) in [6.45, 7) is 4.46. The fourth-order valence-corrected chi connectivity index (χ4v) is 4.12. The maximum atomic E-state index is 13.3. The number of carbonyl (C=O) groups is 4. The highest BCUT2D eigenvalue weighted by Gasteiger charge is 2.30. The first-order chi connectivity index (χ1) is 19.8. The summed E-state index contributed by atoms with van der Waals surface area (Å²) in [5.74, 6) is -1.63. The Labute approximate surface area is 243 Å². The number of carboxylic acids is 1. The highest BCUT2D eigenvalue weighted by atomic mass is 35.5. The van der Waals surface area contributed by atoms with Gasteiger partial charge in [0.25, 0.3) is 12.4 Å². The van der Waals surface area contributed by atoms with E-state index >= 15 is 0 Å². The third-order valence-corrected chi connectivity index (χ3v) is 5.88. The first-order valence-electron chi connectivity index (χ1n) is 12.9. The number of aliphatic carboxylic acids is 1. The molecule has 1 aliphatic heterocycles. The van der Waals surface area contributed by atoms with E-state index < -0.39 is 5.97 Å². The van der Waals surface area contributed by atoms with Crippen LogP contribution in [0.4, 0.5) is 17.1 Å². The Morgan fingerprint density at radius 3 is 2.41 bits per heavy atom. The predicted octanol–water partition coefficient (Wildman–Crippen LogP) is 3.68. The Hall–Kier alpha value is -4.19. The summed E-state index contributed by atoms with van der Waals surface area (Å²) in [4.78, 5) is 47.3. The van der Waals surface area contributed by atoms with Gasteiger partial charge in [-0.2, -0.15) is 0 Å². The van der Waals surface area contributed by atoms with Crippen molar-refractivity contribution in [1.82, 2.24) is 5.32 Å².